The number of rotatable bonds is 7. The average molecular weight is 495 g/mol. The number of hydrogen-bond donors (Lipinski definition) is 2. The Balaban J connectivity index is 1.39. The van der Waals surface area contributed by atoms with E-state index in [1.54, 1.807) is 23.5 Å². The summed E-state index contributed by atoms with van der Waals surface area (Å²) in [5, 5.41) is 15.6. The number of carboxylic acid groups (broad SMARTS) is 1. The molecule has 0 bridgehead atoms. The van der Waals surface area contributed by atoms with Crippen LogP contribution in [0.4, 0.5) is 0 Å². The zero-order valence-electron chi connectivity index (χ0n) is 20.1. The number of carbonyl (C=O) groups is 2. The van der Waals surface area contributed by atoms with E-state index in [0.717, 1.165) is 38.2 Å². The number of aryl methyl sites for hydroxylation is 1. The molecule has 5 aromatic rings. The smallest absolute Gasteiger partial charge is 0.336 e. The molecule has 0 aliphatic carbocycles. The number of amides is 1. The molecule has 0 atom stereocenters. The summed E-state index contributed by atoms with van der Waals surface area (Å²) in [4.78, 5) is 25.5. The second kappa shape index (κ2) is 9.84. The number of nitrogens with one attached hydrogen (secondary N) is 1. The van der Waals surface area contributed by atoms with E-state index >= 15 is 0 Å². The normalized spacial score (nSPS) is 11.1. The molecule has 0 spiro atoms. The van der Waals surface area contributed by atoms with Gasteiger partial charge in [-0.25, -0.2) is 4.79 Å². The van der Waals surface area contributed by atoms with E-state index in [1.165, 1.54) is 0 Å². The number of aromatic carboxylic acids is 1. The summed E-state index contributed by atoms with van der Waals surface area (Å²) in [5.74, 6) is -1.01. The highest BCUT2D eigenvalue weighted by Gasteiger charge is 2.15. The summed E-state index contributed by atoms with van der Waals surface area (Å²) in [6, 6.07) is 25.0. The Morgan fingerprint density at radius 3 is 2.44 bits per heavy atom. The van der Waals surface area contributed by atoms with Gasteiger partial charge in [0.2, 0.25) is 0 Å². The third-order valence-corrected chi connectivity index (χ3v) is 7.54. The maximum absolute atomic E-state index is 12.7. The number of thiophene rings is 1. The summed E-state index contributed by atoms with van der Waals surface area (Å²) >= 11 is 1.63. The summed E-state index contributed by atoms with van der Waals surface area (Å²) in [6.07, 6.45) is 0. The zero-order chi connectivity index (χ0) is 25.2. The van der Waals surface area contributed by atoms with E-state index < -0.39 is 5.97 Å². The first kappa shape index (κ1) is 23.6. The van der Waals surface area contributed by atoms with Crippen LogP contribution in [-0.4, -0.2) is 21.6 Å². The van der Waals surface area contributed by atoms with Crippen molar-refractivity contribution in [1.29, 1.82) is 0 Å². The van der Waals surface area contributed by atoms with Gasteiger partial charge in [-0.15, -0.1) is 11.3 Å². The molecule has 0 unspecified atom stereocenters. The van der Waals surface area contributed by atoms with Crippen molar-refractivity contribution in [3.8, 4) is 11.1 Å². The Kier molecular flexibility index (Phi) is 6.44. The van der Waals surface area contributed by atoms with Crippen LogP contribution in [0.15, 0.2) is 84.2 Å². The van der Waals surface area contributed by atoms with Crippen LogP contribution in [0.1, 0.15) is 42.4 Å². The molecule has 0 saturated carbocycles. The maximum Gasteiger partial charge on any atom is 0.336 e. The highest BCUT2D eigenvalue weighted by molar-refractivity contribution is 7.09. The number of aromatic nitrogens is 1. The number of hydrogen-bond acceptors (Lipinski definition) is 3. The molecule has 36 heavy (non-hydrogen) atoms. The molecule has 2 heterocycles. The first-order valence-electron chi connectivity index (χ1n) is 11.7. The highest BCUT2D eigenvalue weighted by Crippen LogP contribution is 2.29. The van der Waals surface area contributed by atoms with Gasteiger partial charge < -0.3 is 15.0 Å². The number of nitrogens with zero attached hydrogens (tertiary/aromatic N) is 1. The third kappa shape index (κ3) is 4.55. The van der Waals surface area contributed by atoms with Crippen molar-refractivity contribution in [2.24, 2.45) is 0 Å². The van der Waals surface area contributed by atoms with Gasteiger partial charge in [-0.3, -0.25) is 4.79 Å². The van der Waals surface area contributed by atoms with E-state index in [1.807, 2.05) is 72.1 Å². The summed E-state index contributed by atoms with van der Waals surface area (Å²) in [7, 11) is 0. The van der Waals surface area contributed by atoms with Gasteiger partial charge in [0, 0.05) is 33.6 Å². The fourth-order valence-electron chi connectivity index (χ4n) is 4.57. The SMILES string of the molecule is Cc1c(C)n(Cc2ccc(-c3ccccc3C(=O)O)cc2)c2ccc(C(=O)NCc3cccs3)cc12. The van der Waals surface area contributed by atoms with Crippen molar-refractivity contribution in [2.45, 2.75) is 26.9 Å². The van der Waals surface area contributed by atoms with E-state index in [-0.39, 0.29) is 5.91 Å². The van der Waals surface area contributed by atoms with Crippen molar-refractivity contribution < 1.29 is 14.7 Å². The predicted octanol–water partition coefficient (Wildman–Crippen LogP) is 6.66. The summed E-state index contributed by atoms with van der Waals surface area (Å²) in [5.41, 5.74) is 7.04. The van der Waals surface area contributed by atoms with E-state index in [4.69, 9.17) is 0 Å². The Hall–Kier alpha value is -4.16. The van der Waals surface area contributed by atoms with Crippen LogP contribution >= 0.6 is 11.3 Å². The minimum Gasteiger partial charge on any atom is -0.478 e. The molecular formula is C30H26N2O3S. The topological polar surface area (TPSA) is 71.3 Å². The van der Waals surface area contributed by atoms with E-state index in [2.05, 4.69) is 23.7 Å². The molecule has 2 N–H and O–H groups in total. The zero-order valence-corrected chi connectivity index (χ0v) is 20.9. The summed E-state index contributed by atoms with van der Waals surface area (Å²) in [6.45, 7) is 5.40. The van der Waals surface area contributed by atoms with Crippen molar-refractivity contribution >= 4 is 34.1 Å². The van der Waals surface area contributed by atoms with Gasteiger partial charge in [0.05, 0.1) is 12.1 Å². The molecule has 0 aliphatic heterocycles. The van der Waals surface area contributed by atoms with Crippen LogP contribution in [0.25, 0.3) is 22.0 Å². The molecular weight excluding hydrogens is 468 g/mol. The summed E-state index contributed by atoms with van der Waals surface area (Å²) < 4.78 is 2.26. The second-order valence-corrected chi connectivity index (χ2v) is 9.87. The molecule has 0 fully saturated rings. The Morgan fingerprint density at radius 2 is 1.72 bits per heavy atom. The average Bonchev–Trinajstić information content (AvgIpc) is 3.50. The van der Waals surface area contributed by atoms with Crippen molar-refractivity contribution in [3.05, 3.63) is 117 Å². The molecule has 1 amide bonds. The highest BCUT2D eigenvalue weighted by atomic mass is 32.1. The molecule has 3 aromatic carbocycles. The maximum atomic E-state index is 12.7. The second-order valence-electron chi connectivity index (χ2n) is 8.84. The third-order valence-electron chi connectivity index (χ3n) is 6.67. The fourth-order valence-corrected chi connectivity index (χ4v) is 5.22. The number of benzene rings is 3. The lowest BCUT2D eigenvalue weighted by molar-refractivity contribution is 0.0697. The van der Waals surface area contributed by atoms with Crippen molar-refractivity contribution in [2.75, 3.05) is 0 Å². The van der Waals surface area contributed by atoms with Gasteiger partial charge >= 0.3 is 5.97 Å². The number of carboxylic acids is 1. The van der Waals surface area contributed by atoms with Crippen LogP contribution in [0.3, 0.4) is 0 Å². The van der Waals surface area contributed by atoms with Gasteiger partial charge in [0.1, 0.15) is 0 Å². The largest absolute Gasteiger partial charge is 0.478 e. The van der Waals surface area contributed by atoms with Crippen LogP contribution in [0, 0.1) is 13.8 Å². The minimum absolute atomic E-state index is 0.0765. The molecule has 5 nitrogen and oxygen atoms in total. The van der Waals surface area contributed by atoms with Crippen molar-refractivity contribution in [3.63, 3.8) is 0 Å². The standard InChI is InChI=1S/C30H26N2O3S/c1-19-20(2)32(18-21-9-11-22(12-10-21)25-7-3-4-8-26(25)30(34)35)28-14-13-23(16-27(19)28)29(33)31-17-24-6-5-15-36-24/h3-16H,17-18H2,1-2H3,(H,31,33)(H,34,35). The van der Waals surface area contributed by atoms with E-state index in [9.17, 15) is 14.7 Å². The Morgan fingerprint density at radius 1 is 0.944 bits per heavy atom. The van der Waals surface area contributed by atoms with E-state index in [0.29, 0.717) is 29.8 Å². The van der Waals surface area contributed by atoms with Crippen LogP contribution in [0.2, 0.25) is 0 Å². The number of fused-ring (bicyclic) bond motifs is 1. The monoisotopic (exact) mass is 494 g/mol. The molecule has 2 aromatic heterocycles. The fraction of sp³-hybridized carbons (Fsp3) is 0.133. The Labute approximate surface area is 213 Å². The molecule has 5 rings (SSSR count). The van der Waals surface area contributed by atoms with Crippen LogP contribution < -0.4 is 5.32 Å². The van der Waals surface area contributed by atoms with Crippen molar-refractivity contribution in [1.82, 2.24) is 9.88 Å². The first-order chi connectivity index (χ1) is 17.4. The first-order valence-corrected chi connectivity index (χ1v) is 12.6. The lowest BCUT2D eigenvalue weighted by Gasteiger charge is -2.11. The van der Waals surface area contributed by atoms with Gasteiger partial charge in [-0.2, -0.15) is 0 Å². The van der Waals surface area contributed by atoms with Crippen LogP contribution in [-0.2, 0) is 13.1 Å². The van der Waals surface area contributed by atoms with Gasteiger partial charge in [0.15, 0.2) is 0 Å². The molecule has 180 valence electrons. The lowest BCUT2D eigenvalue weighted by atomic mass is 9.99. The van der Waals surface area contributed by atoms with Gasteiger partial charge in [-0.05, 0) is 71.8 Å². The van der Waals surface area contributed by atoms with Gasteiger partial charge in [-0.1, -0.05) is 48.5 Å². The minimum atomic E-state index is -0.931. The van der Waals surface area contributed by atoms with Gasteiger partial charge in [0.25, 0.3) is 5.91 Å². The van der Waals surface area contributed by atoms with Crippen LogP contribution in [0.5, 0.6) is 0 Å². The molecule has 0 aliphatic rings. The molecule has 6 heteroatoms. The Bertz CT molecular complexity index is 1560. The quantitative estimate of drug-likeness (QED) is 0.266. The predicted molar refractivity (Wildman–Crippen MR) is 145 cm³/mol. The lowest BCUT2D eigenvalue weighted by Crippen LogP contribution is -2.22. The molecule has 0 radical (unpaired) electrons. The number of carbonyl (C=O) groups excluding carboxylic acids is 1. The molecule has 0 saturated heterocycles.